The molecule has 0 aliphatic heterocycles. The number of likely N-dealkylation sites (N-methyl/N-ethyl adjacent to an activating group) is 1. The number of aliphatic carboxylic acids is 1. The topological polar surface area (TPSA) is 59.0 Å². The first-order valence-electron chi connectivity index (χ1n) is 9.55. The number of rotatable bonds is 10. The largest absolute Gasteiger partial charge is 0.486 e. The van der Waals surface area contributed by atoms with Gasteiger partial charge in [0.15, 0.2) is 0 Å². The minimum atomic E-state index is -0.835. The van der Waals surface area contributed by atoms with Gasteiger partial charge in [0.1, 0.15) is 23.4 Å². The fraction of sp³-hybridized carbons (Fsp3) is 0.208. The molecule has 0 aliphatic rings. The lowest BCUT2D eigenvalue weighted by molar-refractivity contribution is -0.138. The highest BCUT2D eigenvalue weighted by atomic mass is 16.5. The van der Waals surface area contributed by atoms with Gasteiger partial charge >= 0.3 is 5.97 Å². The average molecular weight is 391 g/mol. The van der Waals surface area contributed by atoms with Gasteiger partial charge in [-0.3, -0.25) is 9.69 Å². The molecule has 1 atom stereocenters. The van der Waals surface area contributed by atoms with Crippen LogP contribution < -0.4 is 9.47 Å². The highest BCUT2D eigenvalue weighted by Crippen LogP contribution is 2.28. The molecule has 150 valence electrons. The molecule has 0 amide bonds. The van der Waals surface area contributed by atoms with Gasteiger partial charge in [-0.15, -0.1) is 0 Å². The van der Waals surface area contributed by atoms with Gasteiger partial charge in [-0.1, -0.05) is 48.5 Å². The standard InChI is InChI=1S/C24H25NO4/c1-25(18-24(26)27)17-16-23(19-8-4-2-5-9-19)29-22-14-12-21(13-15-22)28-20-10-6-3-7-11-20/h2-15,23H,16-18H2,1H3,(H,26,27). The molecule has 0 aliphatic carbocycles. The molecule has 3 aromatic carbocycles. The number of para-hydroxylation sites is 1. The minimum absolute atomic E-state index is 0.00698. The van der Waals surface area contributed by atoms with Gasteiger partial charge in [-0.25, -0.2) is 0 Å². The number of ether oxygens (including phenoxy) is 2. The van der Waals surface area contributed by atoms with Crippen LogP contribution in [0.15, 0.2) is 84.9 Å². The zero-order valence-electron chi connectivity index (χ0n) is 16.4. The van der Waals surface area contributed by atoms with Crippen molar-refractivity contribution in [3.63, 3.8) is 0 Å². The molecule has 0 aromatic heterocycles. The number of carbonyl (C=O) groups is 1. The Kier molecular flexibility index (Phi) is 7.25. The monoisotopic (exact) mass is 391 g/mol. The predicted molar refractivity (Wildman–Crippen MR) is 113 cm³/mol. The number of hydrogen-bond donors (Lipinski definition) is 1. The van der Waals surface area contributed by atoms with E-state index in [-0.39, 0.29) is 12.6 Å². The van der Waals surface area contributed by atoms with Crippen LogP contribution in [0.5, 0.6) is 17.2 Å². The number of carboxylic acid groups (broad SMARTS) is 1. The first-order valence-corrected chi connectivity index (χ1v) is 9.55. The van der Waals surface area contributed by atoms with Crippen LogP contribution >= 0.6 is 0 Å². The number of benzene rings is 3. The molecular weight excluding hydrogens is 366 g/mol. The molecule has 1 N–H and O–H groups in total. The summed E-state index contributed by atoms with van der Waals surface area (Å²) in [5, 5.41) is 8.95. The minimum Gasteiger partial charge on any atom is -0.486 e. The maximum Gasteiger partial charge on any atom is 0.317 e. The Morgan fingerprint density at radius 3 is 2.03 bits per heavy atom. The SMILES string of the molecule is CN(CCC(Oc1ccc(Oc2ccccc2)cc1)c1ccccc1)CC(=O)O. The summed E-state index contributed by atoms with van der Waals surface area (Å²) in [6.45, 7) is 0.619. The predicted octanol–water partition coefficient (Wildman–Crippen LogP) is 5.01. The Bertz CT molecular complexity index is 882. The lowest BCUT2D eigenvalue weighted by Gasteiger charge is -2.22. The summed E-state index contributed by atoms with van der Waals surface area (Å²) in [7, 11) is 1.80. The van der Waals surface area contributed by atoms with Crippen molar-refractivity contribution >= 4 is 5.97 Å². The van der Waals surface area contributed by atoms with E-state index in [1.165, 1.54) is 0 Å². The maximum absolute atomic E-state index is 10.9. The summed E-state index contributed by atoms with van der Waals surface area (Å²) in [6.07, 6.45) is 0.504. The highest BCUT2D eigenvalue weighted by molar-refractivity contribution is 5.69. The maximum atomic E-state index is 10.9. The fourth-order valence-electron chi connectivity index (χ4n) is 2.98. The van der Waals surface area contributed by atoms with Crippen molar-refractivity contribution in [1.29, 1.82) is 0 Å². The zero-order valence-corrected chi connectivity index (χ0v) is 16.4. The third kappa shape index (κ3) is 6.66. The first-order chi connectivity index (χ1) is 14.1. The van der Waals surface area contributed by atoms with Crippen molar-refractivity contribution in [2.24, 2.45) is 0 Å². The summed E-state index contributed by atoms with van der Waals surface area (Å²) in [4.78, 5) is 12.7. The Hall–Kier alpha value is -3.31. The van der Waals surface area contributed by atoms with Gasteiger partial charge in [0.2, 0.25) is 0 Å². The van der Waals surface area contributed by atoms with Crippen LogP contribution in [-0.4, -0.2) is 36.1 Å². The second-order valence-corrected chi connectivity index (χ2v) is 6.82. The van der Waals surface area contributed by atoms with Gasteiger partial charge in [-0.05, 0) is 49.0 Å². The lowest BCUT2D eigenvalue weighted by atomic mass is 10.1. The molecule has 1 unspecified atom stereocenters. The molecule has 0 saturated heterocycles. The van der Waals surface area contributed by atoms with Crippen molar-refractivity contribution in [3.05, 3.63) is 90.5 Å². The second-order valence-electron chi connectivity index (χ2n) is 6.82. The zero-order chi connectivity index (χ0) is 20.5. The van der Waals surface area contributed by atoms with E-state index in [9.17, 15) is 4.79 Å². The van der Waals surface area contributed by atoms with Crippen molar-refractivity contribution in [2.45, 2.75) is 12.5 Å². The van der Waals surface area contributed by atoms with E-state index < -0.39 is 5.97 Å². The van der Waals surface area contributed by atoms with Crippen molar-refractivity contribution in [1.82, 2.24) is 4.90 Å². The highest BCUT2D eigenvalue weighted by Gasteiger charge is 2.15. The smallest absolute Gasteiger partial charge is 0.317 e. The van der Waals surface area contributed by atoms with E-state index >= 15 is 0 Å². The molecule has 0 fully saturated rings. The Balaban J connectivity index is 1.66. The number of nitrogens with zero attached hydrogens (tertiary/aromatic N) is 1. The van der Waals surface area contributed by atoms with Crippen molar-refractivity contribution in [2.75, 3.05) is 20.1 Å². The normalized spacial score (nSPS) is 11.8. The van der Waals surface area contributed by atoms with Crippen LogP contribution in [0.25, 0.3) is 0 Å². The van der Waals surface area contributed by atoms with Gasteiger partial charge in [0, 0.05) is 13.0 Å². The summed E-state index contributed by atoms with van der Waals surface area (Å²) in [5.41, 5.74) is 1.06. The lowest BCUT2D eigenvalue weighted by Crippen LogP contribution is -2.28. The molecule has 0 saturated carbocycles. The third-order valence-electron chi connectivity index (χ3n) is 4.43. The van der Waals surface area contributed by atoms with E-state index in [0.29, 0.717) is 13.0 Å². The Labute approximate surface area is 171 Å². The molecule has 0 heterocycles. The van der Waals surface area contributed by atoms with Crippen LogP contribution in [0.4, 0.5) is 0 Å². The molecule has 5 heteroatoms. The summed E-state index contributed by atoms with van der Waals surface area (Å²) >= 11 is 0. The molecular formula is C24H25NO4. The van der Waals surface area contributed by atoms with Crippen LogP contribution in [0, 0.1) is 0 Å². The molecule has 0 radical (unpaired) electrons. The second kappa shape index (κ2) is 10.3. The summed E-state index contributed by atoms with van der Waals surface area (Å²) in [5.74, 6) is 1.42. The number of hydrogen-bond acceptors (Lipinski definition) is 4. The van der Waals surface area contributed by atoms with Crippen molar-refractivity contribution < 1.29 is 19.4 Å². The Morgan fingerprint density at radius 2 is 1.41 bits per heavy atom. The Morgan fingerprint density at radius 1 is 0.862 bits per heavy atom. The van der Waals surface area contributed by atoms with E-state index in [0.717, 1.165) is 22.8 Å². The summed E-state index contributed by atoms with van der Waals surface area (Å²) < 4.78 is 12.1. The molecule has 29 heavy (non-hydrogen) atoms. The van der Waals surface area contributed by atoms with Gasteiger partial charge in [0.25, 0.3) is 0 Å². The van der Waals surface area contributed by atoms with Gasteiger partial charge < -0.3 is 14.6 Å². The van der Waals surface area contributed by atoms with Crippen LogP contribution in [0.1, 0.15) is 18.1 Å². The number of carboxylic acids is 1. The van der Waals surface area contributed by atoms with E-state index in [2.05, 4.69) is 0 Å². The van der Waals surface area contributed by atoms with Crippen LogP contribution in [0.2, 0.25) is 0 Å². The van der Waals surface area contributed by atoms with E-state index in [1.807, 2.05) is 84.9 Å². The molecule has 3 rings (SSSR count). The quantitative estimate of drug-likeness (QED) is 0.527. The molecule has 3 aromatic rings. The van der Waals surface area contributed by atoms with Crippen LogP contribution in [-0.2, 0) is 4.79 Å². The molecule has 5 nitrogen and oxygen atoms in total. The third-order valence-corrected chi connectivity index (χ3v) is 4.43. The van der Waals surface area contributed by atoms with Crippen molar-refractivity contribution in [3.8, 4) is 17.2 Å². The first kappa shape index (κ1) is 20.4. The summed E-state index contributed by atoms with van der Waals surface area (Å²) in [6, 6.07) is 27.1. The van der Waals surface area contributed by atoms with Gasteiger partial charge in [-0.2, -0.15) is 0 Å². The van der Waals surface area contributed by atoms with E-state index in [1.54, 1.807) is 11.9 Å². The van der Waals surface area contributed by atoms with Gasteiger partial charge in [0.05, 0.1) is 6.54 Å². The van der Waals surface area contributed by atoms with E-state index in [4.69, 9.17) is 14.6 Å². The molecule has 0 spiro atoms. The van der Waals surface area contributed by atoms with Crippen LogP contribution in [0.3, 0.4) is 0 Å². The average Bonchev–Trinajstić information content (AvgIpc) is 2.73. The fourth-order valence-corrected chi connectivity index (χ4v) is 2.98. The molecule has 0 bridgehead atoms.